The van der Waals surface area contributed by atoms with Crippen molar-refractivity contribution >= 4 is 17.5 Å². The van der Waals surface area contributed by atoms with Crippen molar-refractivity contribution in [1.82, 2.24) is 20.1 Å². The van der Waals surface area contributed by atoms with Crippen LogP contribution in [0.4, 0.5) is 16.3 Å². The van der Waals surface area contributed by atoms with E-state index >= 15 is 0 Å². The highest BCUT2D eigenvalue weighted by Crippen LogP contribution is 2.20. The number of benzene rings is 1. The van der Waals surface area contributed by atoms with Crippen LogP contribution in [-0.4, -0.2) is 52.3 Å². The van der Waals surface area contributed by atoms with Crippen molar-refractivity contribution < 1.29 is 4.79 Å². The van der Waals surface area contributed by atoms with Crippen LogP contribution in [0.2, 0.25) is 0 Å². The van der Waals surface area contributed by atoms with Crippen LogP contribution in [0.3, 0.4) is 0 Å². The number of carbonyl (C=O) groups is 1. The zero-order valence-electron chi connectivity index (χ0n) is 17.3. The Labute approximate surface area is 176 Å². The number of rotatable bonds is 4. The largest absolute Gasteiger partial charge is 0.352 e. The fourth-order valence-electron chi connectivity index (χ4n) is 3.46. The third kappa shape index (κ3) is 4.56. The molecular formula is C23H26N6O. The quantitative estimate of drug-likeness (QED) is 0.714. The molecule has 0 atom stereocenters. The standard InChI is InChI=1S/C23H26N6O/c1-17(2)18-3-5-20(6-4-18)25-23(30)29-15-13-28(14-16-29)22-8-7-21(26-27-22)19-9-11-24-12-10-19/h3-12,17H,13-16H2,1-2H3,(H,25,30). The van der Waals surface area contributed by atoms with Crippen molar-refractivity contribution in [3.63, 3.8) is 0 Å². The highest BCUT2D eigenvalue weighted by Gasteiger charge is 2.22. The molecule has 7 nitrogen and oxygen atoms in total. The molecule has 0 aliphatic carbocycles. The molecule has 1 fully saturated rings. The van der Waals surface area contributed by atoms with Crippen LogP contribution in [0.5, 0.6) is 0 Å². The first-order valence-electron chi connectivity index (χ1n) is 10.2. The van der Waals surface area contributed by atoms with Crippen molar-refractivity contribution in [2.75, 3.05) is 36.4 Å². The molecule has 2 aromatic heterocycles. The van der Waals surface area contributed by atoms with Gasteiger partial charge in [0, 0.05) is 49.8 Å². The van der Waals surface area contributed by atoms with Crippen molar-refractivity contribution in [1.29, 1.82) is 0 Å². The summed E-state index contributed by atoms with van der Waals surface area (Å²) in [5.41, 5.74) is 3.90. The molecule has 2 amide bonds. The summed E-state index contributed by atoms with van der Waals surface area (Å²) in [6, 6.07) is 15.8. The van der Waals surface area contributed by atoms with Gasteiger partial charge in [-0.1, -0.05) is 26.0 Å². The predicted molar refractivity (Wildman–Crippen MR) is 119 cm³/mol. The summed E-state index contributed by atoms with van der Waals surface area (Å²) in [5, 5.41) is 11.7. The summed E-state index contributed by atoms with van der Waals surface area (Å²) >= 11 is 0. The summed E-state index contributed by atoms with van der Waals surface area (Å²) in [6.07, 6.45) is 3.49. The number of aromatic nitrogens is 3. The molecule has 0 radical (unpaired) electrons. The van der Waals surface area contributed by atoms with Crippen LogP contribution >= 0.6 is 0 Å². The molecule has 1 aromatic carbocycles. The second kappa shape index (κ2) is 8.90. The number of amides is 2. The van der Waals surface area contributed by atoms with Gasteiger partial charge in [0.1, 0.15) is 0 Å². The molecule has 0 unspecified atom stereocenters. The van der Waals surface area contributed by atoms with Gasteiger partial charge in [0.05, 0.1) is 5.69 Å². The van der Waals surface area contributed by atoms with E-state index in [0.717, 1.165) is 35.9 Å². The number of nitrogens with zero attached hydrogens (tertiary/aromatic N) is 5. The van der Waals surface area contributed by atoms with Gasteiger partial charge in [-0.05, 0) is 47.9 Å². The summed E-state index contributed by atoms with van der Waals surface area (Å²) < 4.78 is 0. The minimum Gasteiger partial charge on any atom is -0.352 e. The fourth-order valence-corrected chi connectivity index (χ4v) is 3.46. The Bertz CT molecular complexity index is 965. The lowest BCUT2D eigenvalue weighted by molar-refractivity contribution is 0.208. The Kier molecular flexibility index (Phi) is 5.88. The summed E-state index contributed by atoms with van der Waals surface area (Å²) in [5.74, 6) is 1.31. The molecule has 1 saturated heterocycles. The molecule has 0 saturated carbocycles. The van der Waals surface area contributed by atoms with Crippen LogP contribution in [0.25, 0.3) is 11.3 Å². The lowest BCUT2D eigenvalue weighted by atomic mass is 10.0. The minimum absolute atomic E-state index is 0.0638. The van der Waals surface area contributed by atoms with Crippen LogP contribution in [0, 0.1) is 0 Å². The Balaban J connectivity index is 1.31. The molecule has 7 heteroatoms. The van der Waals surface area contributed by atoms with Crippen molar-refractivity contribution in [3.8, 4) is 11.3 Å². The SMILES string of the molecule is CC(C)c1ccc(NC(=O)N2CCN(c3ccc(-c4ccncc4)nn3)CC2)cc1. The Morgan fingerprint density at radius 1 is 0.900 bits per heavy atom. The maximum atomic E-state index is 12.6. The number of urea groups is 1. The number of hydrogen-bond donors (Lipinski definition) is 1. The zero-order chi connectivity index (χ0) is 20.9. The van der Waals surface area contributed by atoms with E-state index in [2.05, 4.69) is 51.4 Å². The Hall–Kier alpha value is -3.48. The molecule has 3 aromatic rings. The van der Waals surface area contributed by atoms with Crippen molar-refractivity contribution in [3.05, 3.63) is 66.5 Å². The van der Waals surface area contributed by atoms with Gasteiger partial charge in [-0.25, -0.2) is 4.79 Å². The fraction of sp³-hybridized carbons (Fsp3) is 0.304. The number of nitrogens with one attached hydrogen (secondary N) is 1. The molecule has 0 bridgehead atoms. The van der Waals surface area contributed by atoms with Gasteiger partial charge in [-0.2, -0.15) is 0 Å². The van der Waals surface area contributed by atoms with Crippen molar-refractivity contribution in [2.24, 2.45) is 0 Å². The summed E-state index contributed by atoms with van der Waals surface area (Å²) in [4.78, 5) is 20.6. The third-order valence-electron chi connectivity index (χ3n) is 5.35. The van der Waals surface area contributed by atoms with Crippen LogP contribution in [0.15, 0.2) is 60.9 Å². The third-order valence-corrected chi connectivity index (χ3v) is 5.35. The average molecular weight is 403 g/mol. The highest BCUT2D eigenvalue weighted by atomic mass is 16.2. The molecule has 1 aliphatic rings. The minimum atomic E-state index is -0.0638. The topological polar surface area (TPSA) is 74.2 Å². The highest BCUT2D eigenvalue weighted by molar-refractivity contribution is 5.89. The van der Waals surface area contributed by atoms with Crippen molar-refractivity contribution in [2.45, 2.75) is 19.8 Å². The Morgan fingerprint density at radius 2 is 1.60 bits per heavy atom. The summed E-state index contributed by atoms with van der Waals surface area (Å²) in [6.45, 7) is 7.05. The monoisotopic (exact) mass is 402 g/mol. The van der Waals surface area contributed by atoms with Gasteiger partial charge in [0.15, 0.2) is 5.82 Å². The van der Waals surface area contributed by atoms with E-state index in [-0.39, 0.29) is 6.03 Å². The van der Waals surface area contributed by atoms with Crippen LogP contribution in [-0.2, 0) is 0 Å². The van der Waals surface area contributed by atoms with Gasteiger partial charge in [0.25, 0.3) is 0 Å². The van der Waals surface area contributed by atoms with Crippen LogP contribution < -0.4 is 10.2 Å². The maximum Gasteiger partial charge on any atom is 0.321 e. The first-order valence-corrected chi connectivity index (χ1v) is 10.2. The number of carbonyl (C=O) groups excluding carboxylic acids is 1. The van der Waals surface area contributed by atoms with E-state index in [1.165, 1.54) is 5.56 Å². The second-order valence-electron chi connectivity index (χ2n) is 7.69. The Morgan fingerprint density at radius 3 is 2.20 bits per heavy atom. The molecule has 1 N–H and O–H groups in total. The second-order valence-corrected chi connectivity index (χ2v) is 7.69. The molecule has 30 heavy (non-hydrogen) atoms. The van der Waals surface area contributed by atoms with Gasteiger partial charge < -0.3 is 15.1 Å². The number of anilines is 2. The van der Waals surface area contributed by atoms with Crippen LogP contribution in [0.1, 0.15) is 25.3 Å². The molecule has 154 valence electrons. The first kappa shape index (κ1) is 19.8. The number of piperazine rings is 1. The first-order chi connectivity index (χ1) is 14.6. The van der Waals surface area contributed by atoms with Gasteiger partial charge >= 0.3 is 6.03 Å². The van der Waals surface area contributed by atoms with E-state index < -0.39 is 0 Å². The van der Waals surface area contributed by atoms with Gasteiger partial charge in [0.2, 0.25) is 0 Å². The molecule has 3 heterocycles. The average Bonchev–Trinajstić information content (AvgIpc) is 2.80. The summed E-state index contributed by atoms with van der Waals surface area (Å²) in [7, 11) is 0. The van der Waals surface area contributed by atoms with E-state index in [0.29, 0.717) is 19.0 Å². The molecule has 1 aliphatic heterocycles. The maximum absolute atomic E-state index is 12.6. The molecular weight excluding hydrogens is 376 g/mol. The van der Waals surface area contributed by atoms with E-state index in [1.54, 1.807) is 12.4 Å². The van der Waals surface area contributed by atoms with Gasteiger partial charge in [-0.15, -0.1) is 10.2 Å². The smallest absolute Gasteiger partial charge is 0.321 e. The van der Waals surface area contributed by atoms with E-state index in [9.17, 15) is 4.79 Å². The lowest BCUT2D eigenvalue weighted by Crippen LogP contribution is -2.50. The predicted octanol–water partition coefficient (Wildman–Crippen LogP) is 4.02. The normalized spacial score (nSPS) is 14.1. The van der Waals surface area contributed by atoms with Gasteiger partial charge in [-0.3, -0.25) is 4.98 Å². The molecule has 4 rings (SSSR count). The zero-order valence-corrected chi connectivity index (χ0v) is 17.3. The lowest BCUT2D eigenvalue weighted by Gasteiger charge is -2.35. The van der Waals surface area contributed by atoms with E-state index in [4.69, 9.17) is 0 Å². The number of hydrogen-bond acceptors (Lipinski definition) is 5. The molecule has 0 spiro atoms. The number of pyridine rings is 1. The van der Waals surface area contributed by atoms with E-state index in [1.807, 2.05) is 41.3 Å².